The van der Waals surface area contributed by atoms with Crippen LogP contribution in [-0.2, 0) is 17.6 Å². The lowest BCUT2D eigenvalue weighted by Crippen LogP contribution is -2.39. The molecule has 1 saturated heterocycles. The Morgan fingerprint density at radius 1 is 1.06 bits per heavy atom. The van der Waals surface area contributed by atoms with E-state index in [1.165, 1.54) is 5.56 Å². The van der Waals surface area contributed by atoms with Crippen molar-refractivity contribution in [2.75, 3.05) is 44.7 Å². The van der Waals surface area contributed by atoms with Crippen LogP contribution in [0.2, 0.25) is 5.02 Å². The first-order chi connectivity index (χ1) is 16.2. The zero-order valence-corrected chi connectivity index (χ0v) is 19.1. The average molecular weight is 464 g/mol. The van der Waals surface area contributed by atoms with Crippen molar-refractivity contribution in [1.82, 2.24) is 30.0 Å². The van der Waals surface area contributed by atoms with Crippen LogP contribution < -0.4 is 5.32 Å². The molecule has 8 nitrogen and oxygen atoms in total. The molecule has 1 fully saturated rings. The molecule has 170 valence electrons. The van der Waals surface area contributed by atoms with Gasteiger partial charge in [-0.05, 0) is 42.7 Å². The topological polar surface area (TPSA) is 91.9 Å². The van der Waals surface area contributed by atoms with Gasteiger partial charge in [0.2, 0.25) is 5.95 Å². The van der Waals surface area contributed by atoms with Crippen LogP contribution in [0.25, 0.3) is 22.4 Å². The molecule has 33 heavy (non-hydrogen) atoms. The maximum atomic E-state index is 6.10. The molecule has 0 amide bonds. The Hall–Kier alpha value is -3.07. The summed E-state index contributed by atoms with van der Waals surface area (Å²) < 4.78 is 5.39. The number of pyridine rings is 1. The molecule has 0 spiro atoms. The molecular formula is C24H26ClN7O. The highest BCUT2D eigenvalue weighted by Crippen LogP contribution is 2.24. The number of aryl methyl sites for hydroxylation is 2. The van der Waals surface area contributed by atoms with Crippen molar-refractivity contribution in [3.05, 3.63) is 64.9 Å². The number of fused-ring (bicyclic) bond motifs is 1. The SMILES string of the molecule is Clc1cccc(CCc2cccc(-c3[nH]nc4nc(NCCN5CCOCC5)ncc34)n2)c1. The lowest BCUT2D eigenvalue weighted by molar-refractivity contribution is 0.0398. The van der Waals surface area contributed by atoms with Gasteiger partial charge in [0.15, 0.2) is 5.65 Å². The van der Waals surface area contributed by atoms with Crippen LogP contribution in [0.5, 0.6) is 0 Å². The largest absolute Gasteiger partial charge is 0.379 e. The van der Waals surface area contributed by atoms with Crippen LogP contribution in [0.1, 0.15) is 11.3 Å². The van der Waals surface area contributed by atoms with Crippen LogP contribution >= 0.6 is 11.6 Å². The van der Waals surface area contributed by atoms with E-state index in [1.807, 2.05) is 36.4 Å². The number of aromatic nitrogens is 5. The number of rotatable bonds is 8. The number of ether oxygens (including phenoxy) is 1. The van der Waals surface area contributed by atoms with Crippen LogP contribution in [0.3, 0.4) is 0 Å². The molecule has 5 rings (SSSR count). The summed E-state index contributed by atoms with van der Waals surface area (Å²) in [5, 5.41) is 12.4. The van der Waals surface area contributed by atoms with Gasteiger partial charge >= 0.3 is 0 Å². The normalized spacial score (nSPS) is 14.6. The number of H-pyrrole nitrogens is 1. The molecule has 0 bridgehead atoms. The summed E-state index contributed by atoms with van der Waals surface area (Å²) in [5.74, 6) is 0.581. The number of nitrogens with zero attached hydrogens (tertiary/aromatic N) is 5. The molecule has 9 heteroatoms. The summed E-state index contributed by atoms with van der Waals surface area (Å²) >= 11 is 6.10. The highest BCUT2D eigenvalue weighted by Gasteiger charge is 2.13. The van der Waals surface area contributed by atoms with E-state index in [1.54, 1.807) is 6.20 Å². The lowest BCUT2D eigenvalue weighted by atomic mass is 10.1. The fourth-order valence-electron chi connectivity index (χ4n) is 3.96. The molecule has 0 saturated carbocycles. The standard InChI is InChI=1S/C24H26ClN7O/c25-18-4-1-3-17(15-18)7-8-19-5-2-6-21(28-19)22-20-16-27-24(29-23(20)31-30-22)26-9-10-32-11-13-33-14-12-32/h1-6,15-16H,7-14H2,(H2,26,27,29,30,31). The zero-order chi connectivity index (χ0) is 22.5. The van der Waals surface area contributed by atoms with E-state index < -0.39 is 0 Å². The van der Waals surface area contributed by atoms with Gasteiger partial charge in [-0.3, -0.25) is 15.0 Å². The third-order valence-corrected chi connectivity index (χ3v) is 5.98. The molecule has 2 N–H and O–H groups in total. The second-order valence-corrected chi connectivity index (χ2v) is 8.49. The molecule has 1 aliphatic heterocycles. The van der Waals surface area contributed by atoms with Gasteiger partial charge in [-0.1, -0.05) is 29.8 Å². The van der Waals surface area contributed by atoms with E-state index >= 15 is 0 Å². The van der Waals surface area contributed by atoms with Crippen LogP contribution in [0.4, 0.5) is 5.95 Å². The average Bonchev–Trinajstić information content (AvgIpc) is 3.27. The molecule has 0 radical (unpaired) electrons. The number of halogens is 1. The zero-order valence-electron chi connectivity index (χ0n) is 18.3. The van der Waals surface area contributed by atoms with E-state index in [9.17, 15) is 0 Å². The highest BCUT2D eigenvalue weighted by atomic mass is 35.5. The summed E-state index contributed by atoms with van der Waals surface area (Å²) in [5.41, 5.74) is 4.49. The van der Waals surface area contributed by atoms with Gasteiger partial charge in [-0.25, -0.2) is 4.98 Å². The second kappa shape index (κ2) is 10.2. The number of hydrogen-bond acceptors (Lipinski definition) is 7. The summed E-state index contributed by atoms with van der Waals surface area (Å²) in [6.45, 7) is 5.25. The molecule has 4 aromatic rings. The Kier molecular flexibility index (Phi) is 6.76. The van der Waals surface area contributed by atoms with Gasteiger partial charge < -0.3 is 10.1 Å². The Balaban J connectivity index is 1.25. The van der Waals surface area contributed by atoms with Crippen LogP contribution in [0.15, 0.2) is 48.7 Å². The summed E-state index contributed by atoms with van der Waals surface area (Å²) in [6, 6.07) is 14.0. The predicted molar refractivity (Wildman–Crippen MR) is 130 cm³/mol. The van der Waals surface area contributed by atoms with Gasteiger partial charge in [-0.15, -0.1) is 0 Å². The van der Waals surface area contributed by atoms with Crippen molar-refractivity contribution < 1.29 is 4.74 Å². The number of aromatic amines is 1. The smallest absolute Gasteiger partial charge is 0.224 e. The van der Waals surface area contributed by atoms with Crippen molar-refractivity contribution in [2.24, 2.45) is 0 Å². The van der Waals surface area contributed by atoms with E-state index in [-0.39, 0.29) is 0 Å². The highest BCUT2D eigenvalue weighted by molar-refractivity contribution is 6.30. The first kappa shape index (κ1) is 21.8. The number of benzene rings is 1. The van der Waals surface area contributed by atoms with E-state index in [0.717, 1.165) is 79.7 Å². The summed E-state index contributed by atoms with van der Waals surface area (Å²) in [6.07, 6.45) is 3.51. The van der Waals surface area contributed by atoms with Gasteiger partial charge in [0.1, 0.15) is 0 Å². The molecule has 0 unspecified atom stereocenters. The maximum absolute atomic E-state index is 6.10. The predicted octanol–water partition coefficient (Wildman–Crippen LogP) is 3.60. The fourth-order valence-corrected chi connectivity index (χ4v) is 4.17. The minimum atomic E-state index is 0.581. The van der Waals surface area contributed by atoms with E-state index in [2.05, 4.69) is 36.4 Å². The van der Waals surface area contributed by atoms with Gasteiger partial charge in [0.25, 0.3) is 0 Å². The van der Waals surface area contributed by atoms with Gasteiger partial charge in [-0.2, -0.15) is 10.1 Å². The summed E-state index contributed by atoms with van der Waals surface area (Å²) in [7, 11) is 0. The molecular weight excluding hydrogens is 438 g/mol. The maximum Gasteiger partial charge on any atom is 0.224 e. The molecule has 0 aliphatic carbocycles. The van der Waals surface area contributed by atoms with Crippen molar-refractivity contribution in [1.29, 1.82) is 0 Å². The van der Waals surface area contributed by atoms with E-state index in [4.69, 9.17) is 21.3 Å². The van der Waals surface area contributed by atoms with Crippen molar-refractivity contribution in [3.8, 4) is 11.4 Å². The fraction of sp³-hybridized carbons (Fsp3) is 0.333. The Labute approximate surface area is 197 Å². The van der Waals surface area contributed by atoms with Gasteiger partial charge in [0, 0.05) is 43.1 Å². The van der Waals surface area contributed by atoms with Gasteiger partial charge in [0.05, 0.1) is 30.0 Å². The van der Waals surface area contributed by atoms with Crippen molar-refractivity contribution >= 4 is 28.6 Å². The van der Waals surface area contributed by atoms with Crippen molar-refractivity contribution in [3.63, 3.8) is 0 Å². The lowest BCUT2D eigenvalue weighted by Gasteiger charge is -2.26. The molecule has 1 aliphatic rings. The molecule has 4 heterocycles. The van der Waals surface area contributed by atoms with Crippen molar-refractivity contribution in [2.45, 2.75) is 12.8 Å². The quantitative estimate of drug-likeness (QED) is 0.412. The number of nitrogens with one attached hydrogen (secondary N) is 2. The minimum Gasteiger partial charge on any atom is -0.379 e. The first-order valence-corrected chi connectivity index (χ1v) is 11.6. The van der Waals surface area contributed by atoms with Crippen LogP contribution in [0, 0.1) is 0 Å². The second-order valence-electron chi connectivity index (χ2n) is 8.05. The van der Waals surface area contributed by atoms with E-state index in [0.29, 0.717) is 11.6 Å². The summed E-state index contributed by atoms with van der Waals surface area (Å²) in [4.78, 5) is 16.3. The van der Waals surface area contributed by atoms with Crippen LogP contribution in [-0.4, -0.2) is 69.4 Å². The Morgan fingerprint density at radius 3 is 2.82 bits per heavy atom. The monoisotopic (exact) mass is 463 g/mol. The minimum absolute atomic E-state index is 0.581. The third kappa shape index (κ3) is 5.47. The Morgan fingerprint density at radius 2 is 1.94 bits per heavy atom. The molecule has 3 aromatic heterocycles. The Bertz CT molecular complexity index is 1220. The molecule has 1 aromatic carbocycles. The number of hydrogen-bond donors (Lipinski definition) is 2. The number of anilines is 1. The molecule has 0 atom stereocenters. The number of morpholine rings is 1. The third-order valence-electron chi connectivity index (χ3n) is 5.75. The first-order valence-electron chi connectivity index (χ1n) is 11.2.